The van der Waals surface area contributed by atoms with Crippen molar-refractivity contribution in [2.24, 2.45) is 0 Å². The van der Waals surface area contributed by atoms with E-state index in [-0.39, 0.29) is 32.7 Å². The molecule has 3 unspecified atom stereocenters. The van der Waals surface area contributed by atoms with E-state index in [0.29, 0.717) is 19.3 Å². The molecule has 28 heavy (non-hydrogen) atoms. The zero-order valence-electron chi connectivity index (χ0n) is 17.2. The van der Waals surface area contributed by atoms with Gasteiger partial charge in [-0.3, -0.25) is 14.4 Å². The number of aliphatic hydroxyl groups excluding tert-OH is 2. The van der Waals surface area contributed by atoms with Gasteiger partial charge in [0.05, 0.1) is 24.9 Å². The van der Waals surface area contributed by atoms with E-state index < -0.39 is 41.6 Å². The second-order valence-corrected chi connectivity index (χ2v) is 7.48. The SMILES string of the molecule is CCC(C)(CO)OC(=O)CC(=O)OCCC(C)(O)COC(=O)CCCC(C)O. The largest absolute Gasteiger partial charge is 0.465 e. The molecular weight excluding hydrogens is 372 g/mol. The Balaban J connectivity index is 4.10. The maximum Gasteiger partial charge on any atom is 0.317 e. The van der Waals surface area contributed by atoms with Gasteiger partial charge in [0, 0.05) is 12.8 Å². The number of ether oxygens (including phenoxy) is 3. The second kappa shape index (κ2) is 12.7. The summed E-state index contributed by atoms with van der Waals surface area (Å²) < 4.78 is 14.9. The Bertz CT molecular complexity index is 496. The van der Waals surface area contributed by atoms with Crippen molar-refractivity contribution in [2.75, 3.05) is 19.8 Å². The van der Waals surface area contributed by atoms with Crippen molar-refractivity contribution in [3.05, 3.63) is 0 Å². The summed E-state index contributed by atoms with van der Waals surface area (Å²) in [7, 11) is 0. The minimum Gasteiger partial charge on any atom is -0.465 e. The molecular formula is C19H34O9. The highest BCUT2D eigenvalue weighted by Crippen LogP contribution is 2.16. The monoisotopic (exact) mass is 406 g/mol. The molecule has 0 heterocycles. The third-order valence-corrected chi connectivity index (χ3v) is 4.18. The number of rotatable bonds is 14. The van der Waals surface area contributed by atoms with Crippen LogP contribution in [0.3, 0.4) is 0 Å². The van der Waals surface area contributed by atoms with Gasteiger partial charge < -0.3 is 29.5 Å². The van der Waals surface area contributed by atoms with E-state index in [4.69, 9.17) is 19.3 Å². The average Bonchev–Trinajstić information content (AvgIpc) is 2.59. The lowest BCUT2D eigenvalue weighted by Crippen LogP contribution is -2.36. The molecule has 164 valence electrons. The molecule has 3 N–H and O–H groups in total. The molecule has 0 fully saturated rings. The molecule has 0 bridgehead atoms. The molecule has 0 aromatic heterocycles. The zero-order chi connectivity index (χ0) is 21.8. The van der Waals surface area contributed by atoms with Crippen molar-refractivity contribution in [1.82, 2.24) is 0 Å². The summed E-state index contributed by atoms with van der Waals surface area (Å²) >= 11 is 0. The first kappa shape index (κ1) is 26.3. The molecule has 0 rings (SSSR count). The first-order valence-corrected chi connectivity index (χ1v) is 9.47. The van der Waals surface area contributed by atoms with Crippen molar-refractivity contribution >= 4 is 17.9 Å². The summed E-state index contributed by atoms with van der Waals surface area (Å²) in [5, 5.41) is 28.5. The third kappa shape index (κ3) is 12.6. The second-order valence-electron chi connectivity index (χ2n) is 7.48. The van der Waals surface area contributed by atoms with Crippen LogP contribution in [0.2, 0.25) is 0 Å². The number of esters is 3. The summed E-state index contributed by atoms with van der Waals surface area (Å²) in [6.07, 6.45) is 0.433. The van der Waals surface area contributed by atoms with Crippen molar-refractivity contribution in [3.63, 3.8) is 0 Å². The van der Waals surface area contributed by atoms with Crippen molar-refractivity contribution in [3.8, 4) is 0 Å². The highest BCUT2D eigenvalue weighted by molar-refractivity contribution is 5.91. The molecule has 3 atom stereocenters. The van der Waals surface area contributed by atoms with Gasteiger partial charge in [-0.25, -0.2) is 0 Å². The van der Waals surface area contributed by atoms with Gasteiger partial charge in [0.2, 0.25) is 0 Å². The maximum atomic E-state index is 11.7. The molecule has 9 heteroatoms. The van der Waals surface area contributed by atoms with Crippen LogP contribution in [0.1, 0.15) is 66.2 Å². The van der Waals surface area contributed by atoms with E-state index in [1.165, 1.54) is 6.92 Å². The Morgan fingerprint density at radius 2 is 1.71 bits per heavy atom. The molecule has 0 saturated carbocycles. The summed E-state index contributed by atoms with van der Waals surface area (Å²) in [5.74, 6) is -2.10. The molecule has 0 aromatic rings. The predicted octanol–water partition coefficient (Wildman–Crippen LogP) is 0.859. The molecule has 0 radical (unpaired) electrons. The topological polar surface area (TPSA) is 140 Å². The number of carbonyl (C=O) groups is 3. The smallest absolute Gasteiger partial charge is 0.317 e. The van der Waals surface area contributed by atoms with Crippen LogP contribution in [-0.2, 0) is 28.6 Å². The fraction of sp³-hybridized carbons (Fsp3) is 0.842. The summed E-state index contributed by atoms with van der Waals surface area (Å²) in [4.78, 5) is 34.9. The van der Waals surface area contributed by atoms with Crippen LogP contribution in [0.4, 0.5) is 0 Å². The maximum absolute atomic E-state index is 11.7. The van der Waals surface area contributed by atoms with Gasteiger partial charge >= 0.3 is 17.9 Å². The van der Waals surface area contributed by atoms with Gasteiger partial charge in [-0.2, -0.15) is 0 Å². The number of hydrogen-bond donors (Lipinski definition) is 3. The minimum atomic E-state index is -1.39. The Morgan fingerprint density at radius 1 is 1.07 bits per heavy atom. The van der Waals surface area contributed by atoms with Crippen molar-refractivity contribution in [1.29, 1.82) is 0 Å². The van der Waals surface area contributed by atoms with Gasteiger partial charge in [-0.05, 0) is 40.0 Å². The quantitative estimate of drug-likeness (QED) is 0.218. The van der Waals surface area contributed by atoms with E-state index >= 15 is 0 Å². The zero-order valence-corrected chi connectivity index (χ0v) is 17.2. The van der Waals surface area contributed by atoms with E-state index in [1.54, 1.807) is 20.8 Å². The highest BCUT2D eigenvalue weighted by atomic mass is 16.6. The molecule has 0 spiro atoms. The minimum absolute atomic E-state index is 0.0120. The Labute approximate surface area is 166 Å². The van der Waals surface area contributed by atoms with E-state index in [2.05, 4.69) is 0 Å². The summed E-state index contributed by atoms with van der Waals surface area (Å²) in [6, 6.07) is 0. The van der Waals surface area contributed by atoms with Crippen LogP contribution in [0.5, 0.6) is 0 Å². The van der Waals surface area contributed by atoms with Crippen LogP contribution < -0.4 is 0 Å². The van der Waals surface area contributed by atoms with E-state index in [1.807, 2.05) is 0 Å². The molecule has 0 aromatic carbocycles. The first-order valence-electron chi connectivity index (χ1n) is 9.47. The summed E-state index contributed by atoms with van der Waals surface area (Å²) in [5.41, 5.74) is -2.43. The molecule has 0 amide bonds. The van der Waals surface area contributed by atoms with Gasteiger partial charge in [0.15, 0.2) is 0 Å². The molecule has 9 nitrogen and oxygen atoms in total. The average molecular weight is 406 g/mol. The lowest BCUT2D eigenvalue weighted by Gasteiger charge is -2.25. The standard InChI is InChI=1S/C19H34O9/c1-5-19(4,12-20)28-17(24)11-16(23)26-10-9-18(3,25)13-27-15(22)8-6-7-14(2)21/h14,20-21,25H,5-13H2,1-4H3. The first-order chi connectivity index (χ1) is 12.9. The van der Waals surface area contributed by atoms with Crippen LogP contribution in [0, 0.1) is 0 Å². The van der Waals surface area contributed by atoms with Gasteiger partial charge in [0.25, 0.3) is 0 Å². The van der Waals surface area contributed by atoms with Crippen molar-refractivity contribution < 1.29 is 43.9 Å². The normalized spacial score (nSPS) is 16.4. The number of aliphatic hydroxyl groups is 3. The molecule has 0 aliphatic heterocycles. The predicted molar refractivity (Wildman–Crippen MR) is 99.2 cm³/mol. The van der Waals surface area contributed by atoms with Crippen LogP contribution in [0.25, 0.3) is 0 Å². The van der Waals surface area contributed by atoms with E-state index in [0.717, 1.165) is 0 Å². The summed E-state index contributed by atoms with van der Waals surface area (Å²) in [6.45, 7) is 5.58. The van der Waals surface area contributed by atoms with Gasteiger partial charge in [0.1, 0.15) is 18.6 Å². The number of hydrogen-bond acceptors (Lipinski definition) is 9. The molecule has 0 aliphatic rings. The van der Waals surface area contributed by atoms with Crippen LogP contribution in [-0.4, -0.2) is 70.4 Å². The third-order valence-electron chi connectivity index (χ3n) is 4.18. The lowest BCUT2D eigenvalue weighted by atomic mass is 10.0. The number of carbonyl (C=O) groups excluding carboxylic acids is 3. The molecule has 0 aliphatic carbocycles. The van der Waals surface area contributed by atoms with E-state index in [9.17, 15) is 24.6 Å². The molecule has 0 saturated heterocycles. The Morgan fingerprint density at radius 3 is 2.25 bits per heavy atom. The highest BCUT2D eigenvalue weighted by Gasteiger charge is 2.28. The van der Waals surface area contributed by atoms with Gasteiger partial charge in [-0.1, -0.05) is 6.92 Å². The van der Waals surface area contributed by atoms with Crippen LogP contribution >= 0.6 is 0 Å². The van der Waals surface area contributed by atoms with Crippen LogP contribution in [0.15, 0.2) is 0 Å². The lowest BCUT2D eigenvalue weighted by molar-refractivity contribution is -0.168. The van der Waals surface area contributed by atoms with Gasteiger partial charge in [-0.15, -0.1) is 0 Å². The Hall–Kier alpha value is -1.71. The Kier molecular flexibility index (Phi) is 11.9. The fourth-order valence-corrected chi connectivity index (χ4v) is 2.00. The van der Waals surface area contributed by atoms with Crippen molar-refractivity contribution in [2.45, 2.75) is 83.5 Å². The fourth-order valence-electron chi connectivity index (χ4n) is 2.00.